The van der Waals surface area contributed by atoms with Gasteiger partial charge in [-0.3, -0.25) is 0 Å². The van der Waals surface area contributed by atoms with E-state index in [1.165, 1.54) is 0 Å². The third-order valence-corrected chi connectivity index (χ3v) is 0. The van der Waals surface area contributed by atoms with Crippen LogP contribution in [0.3, 0.4) is 0 Å². The molecule has 0 spiro atoms. The minimum absolute atomic E-state index is 0. The van der Waals surface area contributed by atoms with Gasteiger partial charge >= 0.3 is 169 Å². The Bertz CT molecular complexity index is 15.5. The summed E-state index contributed by atoms with van der Waals surface area (Å²) in [6.45, 7) is 0. The Morgan fingerprint density at radius 3 is 1.00 bits per heavy atom. The Balaban J connectivity index is 0. The molecule has 0 N–H and O–H groups in total. The van der Waals surface area contributed by atoms with Crippen LogP contribution in [0.5, 0.6) is 0 Å². The van der Waals surface area contributed by atoms with Gasteiger partial charge in [-0.1, -0.05) is 0 Å². The second-order valence-corrected chi connectivity index (χ2v) is 0. The summed E-state index contributed by atoms with van der Waals surface area (Å²) in [4.78, 5) is 0. The molecule has 0 aromatic heterocycles. The van der Waals surface area contributed by atoms with Crippen LogP contribution in [0.15, 0.2) is 0 Å². The van der Waals surface area contributed by atoms with E-state index in [0.29, 0.717) is 0 Å². The zero-order valence-corrected chi connectivity index (χ0v) is 15.6. The average molecular weight is 506 g/mol. The van der Waals surface area contributed by atoms with Gasteiger partial charge in [0.1, 0.15) is 0 Å². The van der Waals surface area contributed by atoms with Crippen molar-refractivity contribution in [1.82, 2.24) is 0 Å². The Morgan fingerprint density at radius 2 is 1.00 bits per heavy atom. The largest absolute Gasteiger partial charge is 3.00 e. The first-order valence-electron chi connectivity index (χ1n) is 0. The van der Waals surface area contributed by atoms with Crippen molar-refractivity contribution in [2.24, 2.45) is 0 Å². The van der Waals surface area contributed by atoms with Crippen molar-refractivity contribution < 1.29 is 79.7 Å². The summed E-state index contributed by atoms with van der Waals surface area (Å²) >= 11 is 0. The summed E-state index contributed by atoms with van der Waals surface area (Å²) in [6.07, 6.45) is 0. The predicted octanol–water partition coefficient (Wildman–Crippen LogP) is -0.885. The van der Waals surface area contributed by atoms with Crippen molar-refractivity contribution in [1.29, 1.82) is 0 Å². The molecule has 1 nitrogen and oxygen atoms in total. The number of hydrogen-bond donors (Lipinski definition) is 0. The van der Waals surface area contributed by atoms with Gasteiger partial charge in [0, 0.05) is 0 Å². The molecule has 0 aliphatic carbocycles. The van der Waals surface area contributed by atoms with Crippen LogP contribution in [-0.4, -0.2) is 94.4 Å². The van der Waals surface area contributed by atoms with Crippen LogP contribution in [0.1, 0.15) is 0 Å². The van der Waals surface area contributed by atoms with E-state index in [0.717, 1.165) is 0 Å². The standard InChI is InChI=1S/Ba.Co.Fe.O.Sm.Sr/q3*+2;-2;+3;+2. The summed E-state index contributed by atoms with van der Waals surface area (Å²) in [6, 6.07) is 0. The quantitative estimate of drug-likeness (QED) is 0.382. The van der Waals surface area contributed by atoms with Crippen LogP contribution in [0, 0.1) is 40.4 Å². The SMILES string of the molecule is [Ba+2].[Co+2].[Fe+2].[O-2].[Sm+3].[Sr+2]. The van der Waals surface area contributed by atoms with Crippen LogP contribution < -0.4 is 0 Å². The minimum Gasteiger partial charge on any atom is -2.00 e. The van der Waals surface area contributed by atoms with Crippen molar-refractivity contribution in [3.63, 3.8) is 0 Å². The van der Waals surface area contributed by atoms with E-state index in [4.69, 9.17) is 0 Å². The molecule has 0 aromatic carbocycles. The zero-order chi connectivity index (χ0) is 0. The second kappa shape index (κ2) is 31.6. The van der Waals surface area contributed by atoms with Crippen molar-refractivity contribution in [2.45, 2.75) is 0 Å². The normalized spacial score (nSPS) is 0. The van der Waals surface area contributed by atoms with Crippen molar-refractivity contribution in [3.8, 4) is 0 Å². The van der Waals surface area contributed by atoms with E-state index >= 15 is 0 Å². The molecule has 24 valence electrons. The number of rotatable bonds is 0. The van der Waals surface area contributed by atoms with E-state index in [2.05, 4.69) is 0 Å². The first-order valence-corrected chi connectivity index (χ1v) is 0. The summed E-state index contributed by atoms with van der Waals surface area (Å²) in [5.74, 6) is 0. The Kier molecular flexibility index (Phi) is 223. The maximum atomic E-state index is 0. The van der Waals surface area contributed by atoms with E-state index in [9.17, 15) is 0 Å². The van der Waals surface area contributed by atoms with Crippen LogP contribution >= 0.6 is 0 Å². The van der Waals surface area contributed by atoms with Gasteiger partial charge in [0.15, 0.2) is 0 Å². The van der Waals surface area contributed by atoms with Gasteiger partial charge in [0.05, 0.1) is 0 Å². The molecule has 0 fully saturated rings. The summed E-state index contributed by atoms with van der Waals surface area (Å²) in [5, 5.41) is 0. The summed E-state index contributed by atoms with van der Waals surface area (Å²) < 4.78 is 0. The van der Waals surface area contributed by atoms with Gasteiger partial charge < -0.3 is 5.48 Å². The van der Waals surface area contributed by atoms with Crippen molar-refractivity contribution >= 4 is 94.4 Å². The molecule has 0 aliphatic rings. The van der Waals surface area contributed by atoms with Gasteiger partial charge in [-0.2, -0.15) is 0 Å². The Labute approximate surface area is 168 Å². The summed E-state index contributed by atoms with van der Waals surface area (Å²) in [7, 11) is 0. The molecular weight excluding hydrogens is 506 g/mol. The molecule has 0 aliphatic heterocycles. The topological polar surface area (TPSA) is 28.5 Å². The average Bonchev–Trinajstić information content (AvgIpc) is 0. The molecule has 0 amide bonds. The third kappa shape index (κ3) is 22.8. The van der Waals surface area contributed by atoms with Crippen LogP contribution in [-0.2, 0) is 39.3 Å². The maximum Gasteiger partial charge on any atom is 3.00 e. The van der Waals surface area contributed by atoms with Crippen molar-refractivity contribution in [2.75, 3.05) is 0 Å². The van der Waals surface area contributed by atoms with Crippen LogP contribution in [0.4, 0.5) is 0 Å². The van der Waals surface area contributed by atoms with Crippen LogP contribution in [0.25, 0.3) is 0 Å². The van der Waals surface area contributed by atoms with E-state index in [1.807, 2.05) is 0 Å². The molecule has 0 rings (SSSR count). The fourth-order valence-corrected chi connectivity index (χ4v) is 0. The predicted molar refractivity (Wildman–Crippen MR) is 12.2 cm³/mol. The van der Waals surface area contributed by atoms with Gasteiger partial charge in [0.2, 0.25) is 0 Å². The Hall–Kier alpha value is 5.38. The second-order valence-electron chi connectivity index (χ2n) is 0. The molecule has 6 heavy (non-hydrogen) atoms. The molecule has 0 saturated carbocycles. The molecule has 0 heterocycles. The van der Waals surface area contributed by atoms with E-state index in [1.54, 1.807) is 0 Å². The summed E-state index contributed by atoms with van der Waals surface area (Å²) in [5.41, 5.74) is 0. The molecule has 2 radical (unpaired) electrons. The zero-order valence-electron chi connectivity index (χ0n) is 2.92. The smallest absolute Gasteiger partial charge is 2.00 e. The van der Waals surface area contributed by atoms with Crippen LogP contribution in [0.2, 0.25) is 0 Å². The fourth-order valence-electron chi connectivity index (χ4n) is 0. The molecule has 0 bridgehead atoms. The van der Waals surface area contributed by atoms with Gasteiger partial charge in [-0.15, -0.1) is 0 Å². The molecule has 0 saturated heterocycles. The molecule has 0 atom stereocenters. The van der Waals surface area contributed by atoms with Gasteiger partial charge in [0.25, 0.3) is 0 Å². The monoisotopic (exact) mass is 509 g/mol. The van der Waals surface area contributed by atoms with E-state index < -0.39 is 0 Å². The molecule has 0 aromatic rings. The first kappa shape index (κ1) is 42.4. The fraction of sp³-hybridized carbons (Fsp3) is 0. The van der Waals surface area contributed by atoms with Gasteiger partial charge in [-0.25, -0.2) is 0 Å². The molecular formula is BaCoFeOSmSr+9. The van der Waals surface area contributed by atoms with Crippen molar-refractivity contribution in [3.05, 3.63) is 0 Å². The maximum absolute atomic E-state index is 0. The van der Waals surface area contributed by atoms with E-state index in [-0.39, 0.29) is 174 Å². The third-order valence-electron chi connectivity index (χ3n) is 0. The molecule has 0 unspecified atom stereocenters. The molecule has 6 heteroatoms. The first-order chi connectivity index (χ1) is 0. The van der Waals surface area contributed by atoms with Gasteiger partial charge in [-0.05, 0) is 0 Å². The number of hydrogen-bond acceptors (Lipinski definition) is 0. The minimum atomic E-state index is 0. The Morgan fingerprint density at radius 1 is 1.00 bits per heavy atom.